The monoisotopic (exact) mass is 499 g/mol. The lowest BCUT2D eigenvalue weighted by atomic mass is 9.98. The lowest BCUT2D eigenvalue weighted by Crippen LogP contribution is -2.48. The van der Waals surface area contributed by atoms with E-state index in [4.69, 9.17) is 14.2 Å². The first-order valence-corrected chi connectivity index (χ1v) is 12.8. The Morgan fingerprint density at radius 2 is 1.67 bits per heavy atom. The number of amides is 1. The summed E-state index contributed by atoms with van der Waals surface area (Å²) in [6.07, 6.45) is 1.52. The number of carbonyl (C=O) groups excluding carboxylic acids is 1. The predicted octanol–water partition coefficient (Wildman–Crippen LogP) is 2.04. The molecule has 1 saturated heterocycles. The minimum absolute atomic E-state index is 0.0600. The number of nitrogens with zero attached hydrogens (tertiary/aromatic N) is 1. The van der Waals surface area contributed by atoms with Crippen molar-refractivity contribution in [1.29, 1.82) is 0 Å². The molecule has 3 N–H and O–H groups in total. The third kappa shape index (κ3) is 9.78. The molecule has 0 saturated carbocycles. The molecule has 198 valence electrons. The van der Waals surface area contributed by atoms with Crippen molar-refractivity contribution in [2.75, 3.05) is 60.2 Å². The van der Waals surface area contributed by atoms with Gasteiger partial charge in [0.05, 0.1) is 25.9 Å². The third-order valence-corrected chi connectivity index (χ3v) is 6.50. The second-order valence-corrected chi connectivity index (χ2v) is 9.16. The molecule has 1 aliphatic heterocycles. The zero-order valence-corrected chi connectivity index (χ0v) is 21.6. The molecule has 2 aromatic carbocycles. The van der Waals surface area contributed by atoms with Crippen LogP contribution in [0.3, 0.4) is 0 Å². The first-order valence-electron chi connectivity index (χ1n) is 12.8. The Hall–Kier alpha value is -2.65. The summed E-state index contributed by atoms with van der Waals surface area (Å²) in [5.74, 6) is 1.51. The number of aliphatic hydroxyl groups excluding tert-OH is 1. The van der Waals surface area contributed by atoms with Crippen molar-refractivity contribution in [3.05, 3.63) is 59.7 Å². The molecule has 0 aromatic heterocycles. The molecule has 0 aliphatic carbocycles. The van der Waals surface area contributed by atoms with Crippen LogP contribution in [0.5, 0.6) is 11.5 Å². The van der Waals surface area contributed by atoms with E-state index in [1.165, 1.54) is 0 Å². The highest BCUT2D eigenvalue weighted by Gasteiger charge is 2.23. The number of hydrogen-bond acceptors (Lipinski definition) is 7. The van der Waals surface area contributed by atoms with E-state index in [1.807, 2.05) is 48.5 Å². The van der Waals surface area contributed by atoms with Crippen LogP contribution in [-0.4, -0.2) is 88.2 Å². The van der Waals surface area contributed by atoms with Crippen molar-refractivity contribution in [2.45, 2.75) is 37.8 Å². The molecule has 0 bridgehead atoms. The average molecular weight is 500 g/mol. The molecule has 1 aliphatic rings. The lowest BCUT2D eigenvalue weighted by molar-refractivity contribution is -0.122. The number of piperazine rings is 1. The minimum Gasteiger partial charge on any atom is -0.497 e. The Labute approximate surface area is 214 Å². The van der Waals surface area contributed by atoms with Crippen molar-refractivity contribution >= 4 is 5.91 Å². The number of rotatable bonds is 15. The van der Waals surface area contributed by atoms with Crippen molar-refractivity contribution in [3.8, 4) is 11.5 Å². The average Bonchev–Trinajstić information content (AvgIpc) is 2.92. The van der Waals surface area contributed by atoms with Crippen LogP contribution in [0.2, 0.25) is 0 Å². The van der Waals surface area contributed by atoms with Gasteiger partial charge in [-0.25, -0.2) is 0 Å². The van der Waals surface area contributed by atoms with Gasteiger partial charge in [-0.05, 0) is 54.7 Å². The van der Waals surface area contributed by atoms with Gasteiger partial charge in [0.25, 0.3) is 0 Å². The molecule has 2 atom stereocenters. The number of methoxy groups -OCH3 is 2. The largest absolute Gasteiger partial charge is 0.497 e. The number of aryl methyl sites for hydroxylation is 1. The van der Waals surface area contributed by atoms with Gasteiger partial charge in [-0.1, -0.05) is 24.3 Å². The number of benzene rings is 2. The number of carbonyl (C=O) groups is 1. The highest BCUT2D eigenvalue weighted by molar-refractivity contribution is 5.76. The van der Waals surface area contributed by atoms with Gasteiger partial charge >= 0.3 is 0 Å². The summed E-state index contributed by atoms with van der Waals surface area (Å²) in [5.41, 5.74) is 2.11. The van der Waals surface area contributed by atoms with E-state index in [0.29, 0.717) is 38.9 Å². The van der Waals surface area contributed by atoms with E-state index < -0.39 is 6.10 Å². The van der Waals surface area contributed by atoms with Gasteiger partial charge in [0.2, 0.25) is 5.91 Å². The Morgan fingerprint density at radius 1 is 1.00 bits per heavy atom. The van der Waals surface area contributed by atoms with Crippen molar-refractivity contribution in [3.63, 3.8) is 0 Å². The van der Waals surface area contributed by atoms with E-state index in [0.717, 1.165) is 55.3 Å². The molecule has 8 heteroatoms. The zero-order chi connectivity index (χ0) is 25.6. The fourth-order valence-corrected chi connectivity index (χ4v) is 4.28. The third-order valence-electron chi connectivity index (χ3n) is 6.50. The molecule has 2 unspecified atom stereocenters. The smallest absolute Gasteiger partial charge is 0.220 e. The van der Waals surface area contributed by atoms with Gasteiger partial charge in [-0.15, -0.1) is 0 Å². The molecule has 0 radical (unpaired) electrons. The Kier molecular flexibility index (Phi) is 12.0. The van der Waals surface area contributed by atoms with Crippen molar-refractivity contribution in [1.82, 2.24) is 15.5 Å². The van der Waals surface area contributed by atoms with Gasteiger partial charge in [0.15, 0.2) is 0 Å². The zero-order valence-electron chi connectivity index (χ0n) is 21.6. The van der Waals surface area contributed by atoms with Crippen LogP contribution in [0.4, 0.5) is 0 Å². The summed E-state index contributed by atoms with van der Waals surface area (Å²) in [6.45, 7) is 5.78. The number of hydrogen-bond donors (Lipinski definition) is 3. The standard InChI is InChI=1S/C28H41N3O5/c1-34-19-20-36-25-10-3-22(4-11-25)7-12-28(33)30-26(21-23-5-8-24(35-2)9-6-23)27(32)13-16-31-17-14-29-15-18-31/h3-6,8-11,26-27,29,32H,7,12-21H2,1-2H3,(H,30,33). The summed E-state index contributed by atoms with van der Waals surface area (Å²) in [4.78, 5) is 15.2. The minimum atomic E-state index is -0.630. The summed E-state index contributed by atoms with van der Waals surface area (Å²) >= 11 is 0. The molecular formula is C28H41N3O5. The van der Waals surface area contributed by atoms with Gasteiger partial charge < -0.3 is 34.9 Å². The summed E-state index contributed by atoms with van der Waals surface area (Å²) in [5, 5.41) is 17.5. The quantitative estimate of drug-likeness (QED) is 0.323. The molecular weight excluding hydrogens is 458 g/mol. The van der Waals surface area contributed by atoms with Crippen LogP contribution in [0, 0.1) is 0 Å². The summed E-state index contributed by atoms with van der Waals surface area (Å²) in [6, 6.07) is 15.2. The van der Waals surface area contributed by atoms with E-state index >= 15 is 0 Å². The first-order chi connectivity index (χ1) is 17.6. The van der Waals surface area contributed by atoms with Crippen molar-refractivity contribution < 1.29 is 24.1 Å². The highest BCUT2D eigenvalue weighted by Crippen LogP contribution is 2.16. The van der Waals surface area contributed by atoms with Crippen LogP contribution < -0.4 is 20.1 Å². The van der Waals surface area contributed by atoms with E-state index in [9.17, 15) is 9.90 Å². The molecule has 8 nitrogen and oxygen atoms in total. The molecule has 0 spiro atoms. The van der Waals surface area contributed by atoms with Crippen LogP contribution in [-0.2, 0) is 22.4 Å². The lowest BCUT2D eigenvalue weighted by Gasteiger charge is -2.30. The fraction of sp³-hybridized carbons (Fsp3) is 0.536. The van der Waals surface area contributed by atoms with Gasteiger partial charge in [-0.3, -0.25) is 4.79 Å². The maximum atomic E-state index is 12.9. The van der Waals surface area contributed by atoms with Gasteiger partial charge in [0, 0.05) is 46.3 Å². The maximum absolute atomic E-state index is 12.9. The molecule has 36 heavy (non-hydrogen) atoms. The molecule has 1 amide bonds. The molecule has 2 aromatic rings. The van der Waals surface area contributed by atoms with Crippen LogP contribution in [0.1, 0.15) is 24.0 Å². The Balaban J connectivity index is 1.54. The normalized spacial score (nSPS) is 15.8. The fourth-order valence-electron chi connectivity index (χ4n) is 4.28. The van der Waals surface area contributed by atoms with Crippen molar-refractivity contribution in [2.24, 2.45) is 0 Å². The van der Waals surface area contributed by atoms with Crippen LogP contribution >= 0.6 is 0 Å². The number of ether oxygens (including phenoxy) is 3. The number of aliphatic hydroxyl groups is 1. The maximum Gasteiger partial charge on any atom is 0.220 e. The molecule has 1 heterocycles. The van der Waals surface area contributed by atoms with E-state index in [2.05, 4.69) is 15.5 Å². The second kappa shape index (κ2) is 15.5. The molecule has 3 rings (SSSR count). The van der Waals surface area contributed by atoms with E-state index in [1.54, 1.807) is 14.2 Å². The second-order valence-electron chi connectivity index (χ2n) is 9.16. The SMILES string of the molecule is COCCOc1ccc(CCC(=O)NC(Cc2ccc(OC)cc2)C(O)CCN2CCNCC2)cc1. The topological polar surface area (TPSA) is 92.3 Å². The highest BCUT2D eigenvalue weighted by atomic mass is 16.5. The van der Waals surface area contributed by atoms with E-state index in [-0.39, 0.29) is 11.9 Å². The predicted molar refractivity (Wildman–Crippen MR) is 141 cm³/mol. The molecule has 1 fully saturated rings. The van der Waals surface area contributed by atoms with Crippen LogP contribution in [0.15, 0.2) is 48.5 Å². The van der Waals surface area contributed by atoms with Gasteiger partial charge in [0.1, 0.15) is 18.1 Å². The number of nitrogens with one attached hydrogen (secondary N) is 2. The summed E-state index contributed by atoms with van der Waals surface area (Å²) < 4.78 is 15.8. The van der Waals surface area contributed by atoms with Crippen LogP contribution in [0.25, 0.3) is 0 Å². The van der Waals surface area contributed by atoms with Gasteiger partial charge in [-0.2, -0.15) is 0 Å². The Morgan fingerprint density at radius 3 is 2.33 bits per heavy atom. The Bertz CT molecular complexity index is 885. The first kappa shape index (κ1) is 27.9. The summed E-state index contributed by atoms with van der Waals surface area (Å²) in [7, 11) is 3.28.